The van der Waals surface area contributed by atoms with Crippen LogP contribution in [0.1, 0.15) is 44.9 Å². The lowest BCUT2D eigenvalue weighted by atomic mass is 9.91. The van der Waals surface area contributed by atoms with E-state index in [0.717, 1.165) is 63.4 Å². The number of anilines is 1. The molecule has 1 aromatic rings. The lowest BCUT2D eigenvalue weighted by Crippen LogP contribution is -2.76. The van der Waals surface area contributed by atoms with Gasteiger partial charge in [0.25, 0.3) is 0 Å². The van der Waals surface area contributed by atoms with E-state index >= 15 is 0 Å². The Morgan fingerprint density at radius 3 is 2.49 bits per heavy atom. The Morgan fingerprint density at radius 2 is 1.79 bits per heavy atom. The molecular formula is C28H43N7O4. The number of fused-ring (bicyclic) bond motifs is 1. The number of hydrogen-bond acceptors (Lipinski definition) is 9. The Bertz CT molecular complexity index is 1010. The van der Waals surface area contributed by atoms with Crippen molar-refractivity contribution in [2.45, 2.75) is 63.4 Å². The van der Waals surface area contributed by atoms with E-state index < -0.39 is 5.97 Å². The predicted molar refractivity (Wildman–Crippen MR) is 147 cm³/mol. The maximum Gasteiger partial charge on any atom is 0.307 e. The number of nitrogens with zero attached hydrogens (tertiary/aromatic N) is 2. The number of rotatable bonds is 8. The van der Waals surface area contributed by atoms with Crippen molar-refractivity contribution in [3.8, 4) is 5.75 Å². The first kappa shape index (κ1) is 26.8. The molecule has 5 unspecified atom stereocenters. The van der Waals surface area contributed by atoms with Gasteiger partial charge in [-0.1, -0.05) is 12.8 Å². The van der Waals surface area contributed by atoms with E-state index in [0.29, 0.717) is 13.2 Å². The molecule has 4 aliphatic heterocycles. The molecule has 0 bridgehead atoms. The van der Waals surface area contributed by atoms with Crippen molar-refractivity contribution < 1.29 is 19.4 Å². The van der Waals surface area contributed by atoms with E-state index in [1.54, 1.807) is 0 Å². The highest BCUT2D eigenvalue weighted by Gasteiger charge is 2.58. The van der Waals surface area contributed by atoms with Gasteiger partial charge >= 0.3 is 5.97 Å². The van der Waals surface area contributed by atoms with Gasteiger partial charge < -0.3 is 15.2 Å². The van der Waals surface area contributed by atoms with Gasteiger partial charge in [-0.15, -0.1) is 0 Å². The lowest BCUT2D eigenvalue weighted by Gasteiger charge is -2.48. The van der Waals surface area contributed by atoms with Crippen LogP contribution in [0.15, 0.2) is 24.3 Å². The number of carboxylic acid groups (broad SMARTS) is 1. The minimum Gasteiger partial charge on any atom is -0.492 e. The second-order valence-corrected chi connectivity index (χ2v) is 12.0. The van der Waals surface area contributed by atoms with E-state index in [1.165, 1.54) is 25.7 Å². The molecule has 1 spiro atoms. The largest absolute Gasteiger partial charge is 0.492 e. The number of benzene rings is 1. The summed E-state index contributed by atoms with van der Waals surface area (Å²) in [5.41, 5.74) is 6.85. The third-order valence-electron chi connectivity index (χ3n) is 9.54. The second kappa shape index (κ2) is 11.6. The number of hydrogen-bond donors (Lipinski definition) is 6. The van der Waals surface area contributed by atoms with Crippen molar-refractivity contribution in [3.05, 3.63) is 24.3 Å². The molecular weight excluding hydrogens is 498 g/mol. The van der Waals surface area contributed by atoms with Crippen molar-refractivity contribution in [3.63, 3.8) is 0 Å². The van der Waals surface area contributed by atoms with Crippen LogP contribution in [0.3, 0.4) is 0 Å². The molecule has 6 N–H and O–H groups in total. The summed E-state index contributed by atoms with van der Waals surface area (Å²) in [7, 11) is 0. The topological polar surface area (TPSA) is 130 Å². The SMILES string of the molecule is O=C1NNCC2NC(N3CCCCCC3)NC(Nc3ccc(OCCN4CCC5(CC4)CC5C(=O)O)cc3)C12. The van der Waals surface area contributed by atoms with Crippen molar-refractivity contribution in [2.24, 2.45) is 17.3 Å². The van der Waals surface area contributed by atoms with Crippen molar-refractivity contribution >= 4 is 17.6 Å². The normalized spacial score (nSPS) is 33.0. The third-order valence-corrected chi connectivity index (χ3v) is 9.54. The molecule has 11 nitrogen and oxygen atoms in total. The highest BCUT2D eigenvalue weighted by Crippen LogP contribution is 2.59. The number of hydrazine groups is 1. The summed E-state index contributed by atoms with van der Waals surface area (Å²) in [6.45, 7) is 6.14. The number of likely N-dealkylation sites (tertiary alicyclic amines) is 2. The summed E-state index contributed by atoms with van der Waals surface area (Å²) < 4.78 is 6.02. The van der Waals surface area contributed by atoms with Gasteiger partial charge in [0.2, 0.25) is 5.91 Å². The molecule has 1 amide bonds. The predicted octanol–water partition coefficient (Wildman–Crippen LogP) is 0.962. The van der Waals surface area contributed by atoms with Crippen molar-refractivity contribution in [2.75, 3.05) is 51.2 Å². The van der Waals surface area contributed by atoms with Gasteiger partial charge in [0.1, 0.15) is 18.6 Å². The Kier molecular flexibility index (Phi) is 7.95. The molecule has 5 aliphatic rings. The fourth-order valence-corrected chi connectivity index (χ4v) is 7.00. The molecule has 39 heavy (non-hydrogen) atoms. The van der Waals surface area contributed by atoms with Gasteiger partial charge in [-0.2, -0.15) is 0 Å². The summed E-state index contributed by atoms with van der Waals surface area (Å²) in [5.74, 6) is -0.187. The molecule has 5 atom stereocenters. The fourth-order valence-electron chi connectivity index (χ4n) is 7.00. The monoisotopic (exact) mass is 541 g/mol. The molecule has 6 rings (SSSR count). The summed E-state index contributed by atoms with van der Waals surface area (Å²) in [6, 6.07) is 8.01. The van der Waals surface area contributed by atoms with Crippen LogP contribution in [0.2, 0.25) is 0 Å². The summed E-state index contributed by atoms with van der Waals surface area (Å²) in [6.07, 6.45) is 7.59. The molecule has 1 aromatic carbocycles. The highest BCUT2D eigenvalue weighted by molar-refractivity contribution is 5.81. The van der Waals surface area contributed by atoms with Gasteiger partial charge in [0, 0.05) is 37.9 Å². The van der Waals surface area contributed by atoms with Gasteiger partial charge in [0.15, 0.2) is 0 Å². The van der Waals surface area contributed by atoms with E-state index in [4.69, 9.17) is 4.74 Å². The van der Waals surface area contributed by atoms with Crippen LogP contribution in [-0.2, 0) is 9.59 Å². The third kappa shape index (κ3) is 6.02. The number of piperidine rings is 1. The minimum absolute atomic E-state index is 0.0122. The number of carbonyl (C=O) groups excluding carboxylic acids is 1. The van der Waals surface area contributed by atoms with Crippen LogP contribution in [0.4, 0.5) is 5.69 Å². The quantitative estimate of drug-likeness (QED) is 0.283. The van der Waals surface area contributed by atoms with Crippen molar-refractivity contribution in [1.82, 2.24) is 31.3 Å². The van der Waals surface area contributed by atoms with Crippen molar-refractivity contribution in [1.29, 1.82) is 0 Å². The zero-order valence-electron chi connectivity index (χ0n) is 22.7. The zero-order valence-corrected chi connectivity index (χ0v) is 22.7. The van der Waals surface area contributed by atoms with E-state index in [-0.39, 0.29) is 41.7 Å². The van der Waals surface area contributed by atoms with Gasteiger partial charge in [-0.05, 0) is 74.9 Å². The Labute approximate surface area is 230 Å². The van der Waals surface area contributed by atoms with Crippen LogP contribution in [0, 0.1) is 17.3 Å². The maximum atomic E-state index is 12.8. The molecule has 11 heteroatoms. The minimum atomic E-state index is -0.628. The Hall–Kier alpha value is -2.44. The van der Waals surface area contributed by atoms with Crippen LogP contribution in [-0.4, -0.2) is 91.2 Å². The summed E-state index contributed by atoms with van der Waals surface area (Å²) in [4.78, 5) is 28.9. The van der Waals surface area contributed by atoms with E-state index in [1.807, 2.05) is 24.3 Å². The van der Waals surface area contributed by atoms with Gasteiger partial charge in [-0.25, -0.2) is 5.43 Å². The number of amides is 1. The number of aliphatic carboxylic acids is 1. The van der Waals surface area contributed by atoms with Crippen LogP contribution in [0.5, 0.6) is 5.75 Å². The molecule has 1 aliphatic carbocycles. The Balaban J connectivity index is 1.00. The highest BCUT2D eigenvalue weighted by atomic mass is 16.5. The van der Waals surface area contributed by atoms with Crippen LogP contribution >= 0.6 is 0 Å². The average molecular weight is 542 g/mol. The van der Waals surface area contributed by atoms with Gasteiger partial charge in [-0.3, -0.25) is 35.4 Å². The molecule has 1 saturated carbocycles. The molecule has 0 radical (unpaired) electrons. The van der Waals surface area contributed by atoms with Crippen LogP contribution < -0.4 is 31.5 Å². The molecule has 0 aromatic heterocycles. The van der Waals surface area contributed by atoms with E-state index in [2.05, 4.69) is 36.6 Å². The Morgan fingerprint density at radius 1 is 1.05 bits per heavy atom. The lowest BCUT2D eigenvalue weighted by molar-refractivity contribution is -0.139. The standard InChI is InChI=1S/C28H43N7O4/c36-25-23-22(18-29-33-25)31-27(35-11-3-1-2-4-12-35)32-24(23)30-19-5-7-20(8-6-19)39-16-15-34-13-9-28(10-14-34)17-21(28)26(37)38/h5-8,21-24,27,29-32H,1-4,9-18H2,(H,33,36)(H,37,38). The fraction of sp³-hybridized carbons (Fsp3) is 0.714. The van der Waals surface area contributed by atoms with Gasteiger partial charge in [0.05, 0.1) is 18.0 Å². The average Bonchev–Trinajstić information content (AvgIpc) is 3.71. The first-order chi connectivity index (χ1) is 19.0. The number of carbonyl (C=O) groups is 2. The molecule has 4 heterocycles. The van der Waals surface area contributed by atoms with Crippen LogP contribution in [0.25, 0.3) is 0 Å². The summed E-state index contributed by atoms with van der Waals surface area (Å²) >= 11 is 0. The first-order valence-electron chi connectivity index (χ1n) is 14.7. The number of carboxylic acids is 1. The molecule has 4 saturated heterocycles. The first-order valence-corrected chi connectivity index (χ1v) is 14.7. The zero-order chi connectivity index (χ0) is 26.8. The number of nitrogens with one attached hydrogen (secondary N) is 5. The molecule has 5 fully saturated rings. The maximum absolute atomic E-state index is 12.8. The molecule has 214 valence electrons. The smallest absolute Gasteiger partial charge is 0.307 e. The summed E-state index contributed by atoms with van der Waals surface area (Å²) in [5, 5.41) is 20.2. The van der Waals surface area contributed by atoms with E-state index in [9.17, 15) is 14.7 Å². The number of ether oxygens (including phenoxy) is 1. The second-order valence-electron chi connectivity index (χ2n) is 12.0.